The summed E-state index contributed by atoms with van der Waals surface area (Å²) < 4.78 is 0. The lowest BCUT2D eigenvalue weighted by Gasteiger charge is -2.16. The summed E-state index contributed by atoms with van der Waals surface area (Å²) >= 11 is 0. The molecule has 1 unspecified atom stereocenters. The van der Waals surface area contributed by atoms with Gasteiger partial charge in [0, 0.05) is 26.7 Å². The summed E-state index contributed by atoms with van der Waals surface area (Å²) in [5.74, 6) is 0. The van der Waals surface area contributed by atoms with Crippen LogP contribution < -0.4 is 10.7 Å². The molecular formula is C6H15N3. The largest absolute Gasteiger partial charge is 0.315 e. The van der Waals surface area contributed by atoms with Crippen molar-refractivity contribution in [3.05, 3.63) is 0 Å². The number of hydrogen-bond acceptors (Lipinski definition) is 3. The molecule has 1 fully saturated rings. The van der Waals surface area contributed by atoms with E-state index in [4.69, 9.17) is 0 Å². The van der Waals surface area contributed by atoms with Crippen molar-refractivity contribution in [2.45, 2.75) is 12.5 Å². The van der Waals surface area contributed by atoms with E-state index in [1.807, 2.05) is 19.1 Å². The first-order valence-electron chi connectivity index (χ1n) is 3.43. The summed E-state index contributed by atoms with van der Waals surface area (Å²) in [7, 11) is 4.05. The van der Waals surface area contributed by atoms with E-state index in [0.29, 0.717) is 6.04 Å². The van der Waals surface area contributed by atoms with Crippen molar-refractivity contribution in [3.63, 3.8) is 0 Å². The molecule has 0 amide bonds. The van der Waals surface area contributed by atoms with Gasteiger partial charge >= 0.3 is 0 Å². The van der Waals surface area contributed by atoms with Crippen LogP contribution in [-0.4, -0.2) is 38.2 Å². The molecule has 1 aliphatic rings. The third-order valence-electron chi connectivity index (χ3n) is 1.50. The lowest BCUT2D eigenvalue weighted by molar-refractivity contribution is 0.250. The monoisotopic (exact) mass is 129 g/mol. The molecule has 0 bridgehead atoms. The lowest BCUT2D eigenvalue weighted by Crippen LogP contribution is -2.40. The quantitative estimate of drug-likeness (QED) is 0.488. The van der Waals surface area contributed by atoms with E-state index in [9.17, 15) is 0 Å². The molecule has 1 rings (SSSR count). The zero-order chi connectivity index (χ0) is 6.69. The van der Waals surface area contributed by atoms with Crippen molar-refractivity contribution in [2.75, 3.05) is 27.2 Å². The zero-order valence-electron chi connectivity index (χ0n) is 6.15. The molecule has 0 spiro atoms. The van der Waals surface area contributed by atoms with Crippen molar-refractivity contribution in [3.8, 4) is 0 Å². The maximum Gasteiger partial charge on any atom is 0.0351 e. The molecule has 1 heterocycles. The average molecular weight is 129 g/mol. The van der Waals surface area contributed by atoms with Crippen LogP contribution in [0.4, 0.5) is 0 Å². The maximum absolute atomic E-state index is 3.31. The molecule has 3 nitrogen and oxygen atoms in total. The van der Waals surface area contributed by atoms with Crippen LogP contribution in [0.15, 0.2) is 0 Å². The molecular weight excluding hydrogens is 114 g/mol. The first-order valence-corrected chi connectivity index (χ1v) is 3.43. The van der Waals surface area contributed by atoms with Crippen LogP contribution in [0.1, 0.15) is 6.42 Å². The Hall–Kier alpha value is -0.120. The molecule has 0 aliphatic carbocycles. The maximum atomic E-state index is 3.31. The fraction of sp³-hybridized carbons (Fsp3) is 1.00. The summed E-state index contributed by atoms with van der Waals surface area (Å²) in [5, 5.41) is 5.30. The van der Waals surface area contributed by atoms with Crippen molar-refractivity contribution in [1.29, 1.82) is 0 Å². The van der Waals surface area contributed by atoms with E-state index in [1.54, 1.807) is 0 Å². The smallest absolute Gasteiger partial charge is 0.0351 e. The summed E-state index contributed by atoms with van der Waals surface area (Å²) in [5.41, 5.74) is 3.31. The van der Waals surface area contributed by atoms with Gasteiger partial charge in [-0.2, -0.15) is 0 Å². The Bertz CT molecular complexity index is 76.4. The number of nitrogens with one attached hydrogen (secondary N) is 2. The van der Waals surface area contributed by atoms with Gasteiger partial charge in [0.05, 0.1) is 0 Å². The second-order valence-electron chi connectivity index (χ2n) is 2.71. The lowest BCUT2D eigenvalue weighted by atomic mass is 10.3. The molecule has 0 aromatic heterocycles. The normalized spacial score (nSPS) is 27.7. The van der Waals surface area contributed by atoms with Crippen molar-refractivity contribution in [1.82, 2.24) is 15.8 Å². The van der Waals surface area contributed by atoms with Crippen LogP contribution in [0.25, 0.3) is 0 Å². The second-order valence-corrected chi connectivity index (χ2v) is 2.71. The van der Waals surface area contributed by atoms with Gasteiger partial charge in [-0.3, -0.25) is 10.4 Å². The van der Waals surface area contributed by atoms with Gasteiger partial charge in [-0.15, -0.1) is 0 Å². The summed E-state index contributed by atoms with van der Waals surface area (Å²) in [4.78, 5) is 0. The Morgan fingerprint density at radius 1 is 1.56 bits per heavy atom. The van der Waals surface area contributed by atoms with Crippen molar-refractivity contribution < 1.29 is 0 Å². The van der Waals surface area contributed by atoms with E-state index < -0.39 is 0 Å². The van der Waals surface area contributed by atoms with E-state index >= 15 is 0 Å². The van der Waals surface area contributed by atoms with E-state index in [-0.39, 0.29) is 0 Å². The van der Waals surface area contributed by atoms with E-state index in [0.717, 1.165) is 13.1 Å². The van der Waals surface area contributed by atoms with Gasteiger partial charge in [0.2, 0.25) is 0 Å². The van der Waals surface area contributed by atoms with Crippen LogP contribution in [0.3, 0.4) is 0 Å². The minimum Gasteiger partial charge on any atom is -0.315 e. The standard InChI is InChI=1S/C6H15N3/c1-9(2)8-6-3-4-7-5-6/h6-8H,3-5H2,1-2H3. The van der Waals surface area contributed by atoms with Gasteiger partial charge in [0.25, 0.3) is 0 Å². The minimum absolute atomic E-state index is 0.653. The van der Waals surface area contributed by atoms with E-state index in [1.165, 1.54) is 6.42 Å². The summed E-state index contributed by atoms with van der Waals surface area (Å²) in [6.07, 6.45) is 1.25. The SMILES string of the molecule is CN(C)NC1CCNC1. The van der Waals surface area contributed by atoms with E-state index in [2.05, 4.69) is 10.7 Å². The Kier molecular flexibility index (Phi) is 2.45. The highest BCUT2D eigenvalue weighted by atomic mass is 15.5. The molecule has 1 atom stereocenters. The highest BCUT2D eigenvalue weighted by molar-refractivity contribution is 4.75. The minimum atomic E-state index is 0.653. The molecule has 0 radical (unpaired) electrons. The fourth-order valence-electron chi connectivity index (χ4n) is 1.13. The molecule has 54 valence electrons. The Balaban J connectivity index is 2.11. The number of rotatable bonds is 2. The Morgan fingerprint density at radius 3 is 2.78 bits per heavy atom. The first kappa shape index (κ1) is 6.99. The zero-order valence-corrected chi connectivity index (χ0v) is 6.15. The number of hydrazine groups is 1. The predicted molar refractivity (Wildman–Crippen MR) is 38.1 cm³/mol. The van der Waals surface area contributed by atoms with Crippen LogP contribution in [-0.2, 0) is 0 Å². The predicted octanol–water partition coefficient (Wildman–Crippen LogP) is -0.585. The highest BCUT2D eigenvalue weighted by Gasteiger charge is 2.13. The van der Waals surface area contributed by atoms with Gasteiger partial charge in [-0.25, -0.2) is 0 Å². The van der Waals surface area contributed by atoms with Crippen molar-refractivity contribution >= 4 is 0 Å². The Labute approximate surface area is 56.4 Å². The number of nitrogens with zero attached hydrogens (tertiary/aromatic N) is 1. The molecule has 0 saturated carbocycles. The summed E-state index contributed by atoms with van der Waals surface area (Å²) in [6.45, 7) is 2.27. The van der Waals surface area contributed by atoms with Gasteiger partial charge < -0.3 is 5.32 Å². The average Bonchev–Trinajstić information content (AvgIpc) is 2.15. The van der Waals surface area contributed by atoms with Crippen LogP contribution in [0, 0.1) is 0 Å². The molecule has 0 aromatic rings. The molecule has 3 heteroatoms. The third-order valence-corrected chi connectivity index (χ3v) is 1.50. The molecule has 0 aromatic carbocycles. The van der Waals surface area contributed by atoms with Gasteiger partial charge in [-0.05, 0) is 13.0 Å². The number of hydrogen-bond donors (Lipinski definition) is 2. The van der Waals surface area contributed by atoms with Gasteiger partial charge in [-0.1, -0.05) is 0 Å². The fourth-order valence-corrected chi connectivity index (χ4v) is 1.13. The first-order chi connectivity index (χ1) is 4.29. The van der Waals surface area contributed by atoms with Crippen LogP contribution in [0.5, 0.6) is 0 Å². The van der Waals surface area contributed by atoms with Gasteiger partial charge in [0.15, 0.2) is 0 Å². The molecule has 1 aliphatic heterocycles. The van der Waals surface area contributed by atoms with Crippen LogP contribution >= 0.6 is 0 Å². The van der Waals surface area contributed by atoms with Crippen LogP contribution in [0.2, 0.25) is 0 Å². The molecule has 9 heavy (non-hydrogen) atoms. The topological polar surface area (TPSA) is 27.3 Å². The summed E-state index contributed by atoms with van der Waals surface area (Å²) in [6, 6.07) is 0.653. The van der Waals surface area contributed by atoms with Crippen molar-refractivity contribution in [2.24, 2.45) is 0 Å². The Morgan fingerprint density at radius 2 is 2.33 bits per heavy atom. The second kappa shape index (κ2) is 3.15. The third kappa shape index (κ3) is 2.30. The van der Waals surface area contributed by atoms with Gasteiger partial charge in [0.1, 0.15) is 0 Å². The highest BCUT2D eigenvalue weighted by Crippen LogP contribution is 1.95. The molecule has 2 N–H and O–H groups in total. The molecule has 1 saturated heterocycles.